The molecule has 2 atom stereocenters. The highest BCUT2D eigenvalue weighted by atomic mass is 16.5. The molecular formula is C26H22N4O3. The highest BCUT2D eigenvalue weighted by molar-refractivity contribution is 6.05. The Morgan fingerprint density at radius 1 is 1.06 bits per heavy atom. The van der Waals surface area contributed by atoms with E-state index in [1.807, 2.05) is 54.6 Å². The fourth-order valence-electron chi connectivity index (χ4n) is 5.08. The van der Waals surface area contributed by atoms with Gasteiger partial charge in [-0.05, 0) is 41.0 Å². The van der Waals surface area contributed by atoms with E-state index in [1.165, 1.54) is 4.90 Å². The third-order valence-corrected chi connectivity index (χ3v) is 6.63. The number of amides is 3. The van der Waals surface area contributed by atoms with Crippen molar-refractivity contribution in [1.82, 2.24) is 19.8 Å². The van der Waals surface area contributed by atoms with Crippen LogP contribution in [0.3, 0.4) is 0 Å². The van der Waals surface area contributed by atoms with E-state index in [9.17, 15) is 9.59 Å². The topological polar surface area (TPSA) is 78.5 Å². The van der Waals surface area contributed by atoms with Crippen LogP contribution in [0.15, 0.2) is 73.1 Å². The summed E-state index contributed by atoms with van der Waals surface area (Å²) in [5, 5.41) is 1.09. The molecule has 6 rings (SSSR count). The van der Waals surface area contributed by atoms with Crippen LogP contribution < -0.4 is 4.74 Å². The predicted molar refractivity (Wildman–Crippen MR) is 123 cm³/mol. The van der Waals surface area contributed by atoms with Crippen molar-refractivity contribution in [3.8, 4) is 5.75 Å². The van der Waals surface area contributed by atoms with Crippen molar-refractivity contribution in [3.05, 3.63) is 95.4 Å². The van der Waals surface area contributed by atoms with Crippen LogP contribution in [0, 0.1) is 0 Å². The van der Waals surface area contributed by atoms with Crippen molar-refractivity contribution in [3.63, 3.8) is 0 Å². The maximum atomic E-state index is 13.7. The average molecular weight is 438 g/mol. The highest BCUT2D eigenvalue weighted by Crippen LogP contribution is 2.44. The van der Waals surface area contributed by atoms with Crippen LogP contribution in [0.4, 0.5) is 4.79 Å². The van der Waals surface area contributed by atoms with Crippen molar-refractivity contribution < 1.29 is 14.3 Å². The molecule has 1 saturated heterocycles. The Bertz CT molecular complexity index is 1360. The highest BCUT2D eigenvalue weighted by Gasteiger charge is 2.52. The summed E-state index contributed by atoms with van der Waals surface area (Å²) in [7, 11) is 1.63. The first-order chi connectivity index (χ1) is 16.2. The molecule has 2 aliphatic heterocycles. The zero-order chi connectivity index (χ0) is 22.5. The van der Waals surface area contributed by atoms with Crippen LogP contribution in [-0.4, -0.2) is 44.9 Å². The summed E-state index contributed by atoms with van der Waals surface area (Å²) in [6, 6.07) is 18.2. The zero-order valence-corrected chi connectivity index (χ0v) is 18.1. The maximum Gasteiger partial charge on any atom is 0.328 e. The molecule has 0 saturated carbocycles. The van der Waals surface area contributed by atoms with Gasteiger partial charge >= 0.3 is 6.03 Å². The first kappa shape index (κ1) is 19.5. The number of hydrogen-bond donors (Lipinski definition) is 1. The molecule has 7 heteroatoms. The third-order valence-electron chi connectivity index (χ3n) is 6.63. The number of hydrogen-bond acceptors (Lipinski definition) is 4. The molecule has 0 aliphatic carbocycles. The van der Waals surface area contributed by atoms with Crippen LogP contribution in [0.2, 0.25) is 0 Å². The number of carbonyl (C=O) groups is 2. The lowest BCUT2D eigenvalue weighted by molar-refractivity contribution is -0.129. The molecule has 2 aromatic heterocycles. The number of urea groups is 1. The van der Waals surface area contributed by atoms with E-state index in [4.69, 9.17) is 4.74 Å². The SMILES string of the molecule is COc1ccc([C@H]2c3[nH]c4ccccc4c3C[C@@H]3C(=O)N(Cc4cccnc4)C(=O)N23)cc1. The summed E-state index contributed by atoms with van der Waals surface area (Å²) in [5.74, 6) is 0.573. The summed E-state index contributed by atoms with van der Waals surface area (Å²) in [6.45, 7) is 0.211. The van der Waals surface area contributed by atoms with E-state index in [0.29, 0.717) is 6.42 Å². The summed E-state index contributed by atoms with van der Waals surface area (Å²) in [5.41, 5.74) is 4.81. The summed E-state index contributed by atoms with van der Waals surface area (Å²) in [4.78, 5) is 37.9. The molecule has 0 spiro atoms. The van der Waals surface area contributed by atoms with E-state index in [2.05, 4.69) is 16.0 Å². The standard InChI is InChI=1S/C26H22N4O3/c1-33-18-10-8-17(9-11-18)24-23-20(19-6-2-3-7-21(19)28-23)13-22-25(31)29(26(32)30(22)24)15-16-5-4-12-27-14-16/h2-12,14,22,24,28H,13,15H2,1H3/t22-,24+/m1/s1. The van der Waals surface area contributed by atoms with Crippen molar-refractivity contribution >= 4 is 22.8 Å². The van der Waals surface area contributed by atoms with Crippen molar-refractivity contribution in [2.45, 2.75) is 25.0 Å². The molecule has 1 N–H and O–H groups in total. The number of pyridine rings is 1. The fraction of sp³-hybridized carbons (Fsp3) is 0.192. The van der Waals surface area contributed by atoms with Gasteiger partial charge in [0.05, 0.1) is 13.7 Å². The van der Waals surface area contributed by atoms with Gasteiger partial charge in [0.15, 0.2) is 0 Å². The molecule has 33 heavy (non-hydrogen) atoms. The molecule has 1 fully saturated rings. The Morgan fingerprint density at radius 3 is 2.64 bits per heavy atom. The Hall–Kier alpha value is -4.13. The molecule has 0 radical (unpaired) electrons. The summed E-state index contributed by atoms with van der Waals surface area (Å²) < 4.78 is 5.33. The number of nitrogens with zero attached hydrogens (tertiary/aromatic N) is 3. The average Bonchev–Trinajstić information content (AvgIpc) is 3.34. The van der Waals surface area contributed by atoms with Gasteiger partial charge in [-0.15, -0.1) is 0 Å². The quantitative estimate of drug-likeness (QED) is 0.488. The van der Waals surface area contributed by atoms with Gasteiger partial charge in [-0.25, -0.2) is 4.79 Å². The van der Waals surface area contributed by atoms with Gasteiger partial charge < -0.3 is 9.72 Å². The minimum Gasteiger partial charge on any atom is -0.497 e. The number of ether oxygens (including phenoxy) is 1. The normalized spacial score (nSPS) is 19.7. The van der Waals surface area contributed by atoms with E-state index in [1.54, 1.807) is 24.4 Å². The fourth-order valence-corrected chi connectivity index (χ4v) is 5.08. The largest absolute Gasteiger partial charge is 0.497 e. The van der Waals surface area contributed by atoms with Gasteiger partial charge in [0.2, 0.25) is 0 Å². The van der Waals surface area contributed by atoms with Crippen LogP contribution >= 0.6 is 0 Å². The monoisotopic (exact) mass is 438 g/mol. The lowest BCUT2D eigenvalue weighted by Crippen LogP contribution is -2.44. The van der Waals surface area contributed by atoms with Crippen LogP contribution in [0.5, 0.6) is 5.75 Å². The molecule has 164 valence electrons. The maximum absolute atomic E-state index is 13.7. The molecule has 0 bridgehead atoms. The first-order valence-corrected chi connectivity index (χ1v) is 10.9. The second-order valence-corrected chi connectivity index (χ2v) is 8.43. The number of para-hydroxylation sites is 1. The molecule has 7 nitrogen and oxygen atoms in total. The number of nitrogens with one attached hydrogen (secondary N) is 1. The van der Waals surface area contributed by atoms with Gasteiger partial charge in [-0.1, -0.05) is 36.4 Å². The lowest BCUT2D eigenvalue weighted by Gasteiger charge is -2.36. The number of carbonyl (C=O) groups excluding carboxylic acids is 2. The Morgan fingerprint density at radius 2 is 1.88 bits per heavy atom. The van der Waals surface area contributed by atoms with Gasteiger partial charge in [0.25, 0.3) is 5.91 Å². The molecule has 4 heterocycles. The molecular weight excluding hydrogens is 416 g/mol. The molecule has 0 unspecified atom stereocenters. The molecule has 2 aliphatic rings. The number of fused-ring (bicyclic) bond motifs is 4. The lowest BCUT2D eigenvalue weighted by atomic mass is 9.89. The van der Waals surface area contributed by atoms with Crippen molar-refractivity contribution in [2.24, 2.45) is 0 Å². The number of H-pyrrole nitrogens is 1. The van der Waals surface area contributed by atoms with Crippen molar-refractivity contribution in [2.75, 3.05) is 7.11 Å². The number of aromatic amines is 1. The minimum absolute atomic E-state index is 0.168. The number of aromatic nitrogens is 2. The second-order valence-electron chi connectivity index (χ2n) is 8.43. The minimum atomic E-state index is -0.548. The number of rotatable bonds is 4. The Kier molecular flexibility index (Phi) is 4.43. The Balaban J connectivity index is 1.48. The van der Waals surface area contributed by atoms with Gasteiger partial charge in [0, 0.05) is 35.4 Å². The van der Waals surface area contributed by atoms with E-state index < -0.39 is 12.1 Å². The molecule has 4 aromatic rings. The number of methoxy groups -OCH3 is 1. The van der Waals surface area contributed by atoms with Gasteiger partial charge in [-0.3, -0.25) is 19.6 Å². The number of benzene rings is 2. The zero-order valence-electron chi connectivity index (χ0n) is 18.1. The van der Waals surface area contributed by atoms with Crippen LogP contribution in [0.1, 0.15) is 28.4 Å². The first-order valence-electron chi connectivity index (χ1n) is 10.9. The Labute approximate surface area is 190 Å². The predicted octanol–water partition coefficient (Wildman–Crippen LogP) is 4.05. The summed E-state index contributed by atoms with van der Waals surface area (Å²) >= 11 is 0. The van der Waals surface area contributed by atoms with E-state index in [0.717, 1.165) is 39.0 Å². The van der Waals surface area contributed by atoms with Gasteiger partial charge in [-0.2, -0.15) is 0 Å². The molecule has 2 aromatic carbocycles. The van der Waals surface area contributed by atoms with Crippen molar-refractivity contribution in [1.29, 1.82) is 0 Å². The third kappa shape index (κ3) is 3.00. The summed E-state index contributed by atoms with van der Waals surface area (Å²) in [6.07, 6.45) is 3.85. The van der Waals surface area contributed by atoms with E-state index in [-0.39, 0.29) is 18.5 Å². The smallest absolute Gasteiger partial charge is 0.328 e. The second kappa shape index (κ2) is 7.48. The van der Waals surface area contributed by atoms with Crippen LogP contribution in [0.25, 0.3) is 10.9 Å². The molecule has 3 amide bonds. The van der Waals surface area contributed by atoms with Gasteiger partial charge in [0.1, 0.15) is 17.8 Å². The van der Waals surface area contributed by atoms with Crippen LogP contribution in [-0.2, 0) is 17.8 Å². The number of imide groups is 1. The van der Waals surface area contributed by atoms with E-state index >= 15 is 0 Å².